The first kappa shape index (κ1) is 17.7. The van der Waals surface area contributed by atoms with Crippen LogP contribution in [0.4, 0.5) is 0 Å². The van der Waals surface area contributed by atoms with Crippen molar-refractivity contribution in [2.24, 2.45) is 5.92 Å². The molecule has 1 amide bonds. The number of aliphatic hydroxyl groups is 1. The summed E-state index contributed by atoms with van der Waals surface area (Å²) in [6.07, 6.45) is 2.00. The molecule has 1 fully saturated rings. The molecule has 3 nitrogen and oxygen atoms in total. The molecule has 0 saturated heterocycles. The van der Waals surface area contributed by atoms with Gasteiger partial charge >= 0.3 is 0 Å². The number of carbonyl (C=O) groups excluding carboxylic acids is 1. The molecule has 0 aliphatic heterocycles. The summed E-state index contributed by atoms with van der Waals surface area (Å²) in [5, 5.41) is 14.1. The van der Waals surface area contributed by atoms with E-state index in [1.54, 1.807) is 0 Å². The van der Waals surface area contributed by atoms with E-state index in [2.05, 4.69) is 26.1 Å². The zero-order valence-corrected chi connectivity index (χ0v) is 15.3. The van der Waals surface area contributed by atoms with Crippen molar-refractivity contribution in [2.75, 3.05) is 6.54 Å². The number of amides is 1. The second-order valence-corrected chi connectivity index (χ2v) is 8.07. The molecule has 132 valence electrons. The van der Waals surface area contributed by atoms with E-state index in [0.29, 0.717) is 5.56 Å². The lowest BCUT2D eigenvalue weighted by Gasteiger charge is -2.29. The van der Waals surface area contributed by atoms with E-state index in [-0.39, 0.29) is 23.8 Å². The largest absolute Gasteiger partial charge is 0.383 e. The van der Waals surface area contributed by atoms with E-state index in [1.165, 1.54) is 5.56 Å². The van der Waals surface area contributed by atoms with Gasteiger partial charge < -0.3 is 10.4 Å². The molecular formula is C22H27NO2. The summed E-state index contributed by atoms with van der Waals surface area (Å²) >= 11 is 0. The lowest BCUT2D eigenvalue weighted by atomic mass is 9.86. The van der Waals surface area contributed by atoms with Crippen LogP contribution in [0.25, 0.3) is 0 Å². The molecule has 1 atom stereocenters. The summed E-state index contributed by atoms with van der Waals surface area (Å²) in [5.41, 5.74) is 1.78. The third-order valence-electron chi connectivity index (χ3n) is 5.06. The number of hydrogen-bond acceptors (Lipinski definition) is 2. The van der Waals surface area contributed by atoms with Crippen molar-refractivity contribution in [1.82, 2.24) is 5.32 Å². The fourth-order valence-electron chi connectivity index (χ4n) is 3.21. The van der Waals surface area contributed by atoms with Gasteiger partial charge in [-0.05, 0) is 47.4 Å². The quantitative estimate of drug-likeness (QED) is 0.866. The fourth-order valence-corrected chi connectivity index (χ4v) is 3.21. The van der Waals surface area contributed by atoms with Crippen LogP contribution in [-0.4, -0.2) is 17.6 Å². The Labute approximate surface area is 150 Å². The maximum atomic E-state index is 12.5. The summed E-state index contributed by atoms with van der Waals surface area (Å²) in [6.45, 7) is 6.69. The summed E-state index contributed by atoms with van der Waals surface area (Å²) in [4.78, 5) is 12.5. The Morgan fingerprint density at radius 2 is 1.60 bits per heavy atom. The maximum absolute atomic E-state index is 12.5. The van der Waals surface area contributed by atoms with Crippen molar-refractivity contribution >= 4 is 5.91 Å². The third-order valence-corrected chi connectivity index (χ3v) is 5.06. The van der Waals surface area contributed by atoms with Gasteiger partial charge in [-0.2, -0.15) is 0 Å². The Morgan fingerprint density at radius 1 is 1.00 bits per heavy atom. The number of carbonyl (C=O) groups is 1. The van der Waals surface area contributed by atoms with Crippen molar-refractivity contribution in [3.63, 3.8) is 0 Å². The van der Waals surface area contributed by atoms with Gasteiger partial charge in [0.05, 0.1) is 6.54 Å². The molecule has 1 unspecified atom stereocenters. The molecule has 25 heavy (non-hydrogen) atoms. The van der Waals surface area contributed by atoms with Gasteiger partial charge in [0.25, 0.3) is 5.91 Å². The van der Waals surface area contributed by atoms with Gasteiger partial charge in [0.1, 0.15) is 5.60 Å². The molecule has 1 saturated carbocycles. The third kappa shape index (κ3) is 3.93. The van der Waals surface area contributed by atoms with Crippen molar-refractivity contribution in [2.45, 2.75) is 44.6 Å². The molecule has 2 N–H and O–H groups in total. The second-order valence-electron chi connectivity index (χ2n) is 8.07. The first-order valence-electron chi connectivity index (χ1n) is 8.97. The van der Waals surface area contributed by atoms with Gasteiger partial charge in [0.2, 0.25) is 0 Å². The van der Waals surface area contributed by atoms with Crippen molar-refractivity contribution in [3.05, 3.63) is 71.3 Å². The van der Waals surface area contributed by atoms with Gasteiger partial charge in [-0.3, -0.25) is 4.79 Å². The normalized spacial score (nSPS) is 17.0. The van der Waals surface area contributed by atoms with Crippen LogP contribution >= 0.6 is 0 Å². The maximum Gasteiger partial charge on any atom is 0.251 e. The highest BCUT2D eigenvalue weighted by Crippen LogP contribution is 2.45. The molecule has 1 aliphatic carbocycles. The number of benzene rings is 2. The SMILES string of the molecule is CC(C)(C)c1ccc(C(=O)NCC(O)(c2ccccc2)C2CC2)cc1. The van der Waals surface area contributed by atoms with Crippen molar-refractivity contribution < 1.29 is 9.90 Å². The van der Waals surface area contributed by atoms with Crippen LogP contribution in [0.5, 0.6) is 0 Å². The average molecular weight is 337 g/mol. The number of hydrogen-bond donors (Lipinski definition) is 2. The Balaban J connectivity index is 1.70. The lowest BCUT2D eigenvalue weighted by Crippen LogP contribution is -2.42. The first-order chi connectivity index (χ1) is 11.8. The molecule has 2 aromatic carbocycles. The van der Waals surface area contributed by atoms with E-state index in [1.807, 2.05) is 54.6 Å². The highest BCUT2D eigenvalue weighted by Gasteiger charge is 2.45. The van der Waals surface area contributed by atoms with Gasteiger partial charge in [0, 0.05) is 5.56 Å². The Bertz CT molecular complexity index is 727. The Morgan fingerprint density at radius 3 is 2.12 bits per heavy atom. The van der Waals surface area contributed by atoms with Crippen LogP contribution in [0.1, 0.15) is 55.1 Å². The summed E-state index contributed by atoms with van der Waals surface area (Å²) < 4.78 is 0. The predicted molar refractivity (Wildman–Crippen MR) is 101 cm³/mol. The molecule has 0 spiro atoms. The number of rotatable bonds is 5. The second kappa shape index (κ2) is 6.64. The topological polar surface area (TPSA) is 49.3 Å². The molecule has 1 aliphatic rings. The van der Waals surface area contributed by atoms with E-state index < -0.39 is 5.60 Å². The van der Waals surface area contributed by atoms with Crippen LogP contribution in [0.2, 0.25) is 0 Å². The van der Waals surface area contributed by atoms with Crippen LogP contribution < -0.4 is 5.32 Å². The van der Waals surface area contributed by atoms with Gasteiger partial charge in [0.15, 0.2) is 0 Å². The van der Waals surface area contributed by atoms with Crippen LogP contribution in [-0.2, 0) is 11.0 Å². The minimum atomic E-state index is -0.984. The van der Waals surface area contributed by atoms with Crippen LogP contribution in [0, 0.1) is 5.92 Å². The molecule has 0 aromatic heterocycles. The minimum absolute atomic E-state index is 0.0640. The average Bonchev–Trinajstić information content (AvgIpc) is 3.45. The van der Waals surface area contributed by atoms with Crippen LogP contribution in [0.3, 0.4) is 0 Å². The highest BCUT2D eigenvalue weighted by molar-refractivity contribution is 5.94. The van der Waals surface area contributed by atoms with E-state index in [4.69, 9.17) is 0 Å². The van der Waals surface area contributed by atoms with E-state index >= 15 is 0 Å². The minimum Gasteiger partial charge on any atom is -0.383 e. The Hall–Kier alpha value is -2.13. The monoisotopic (exact) mass is 337 g/mol. The molecule has 0 radical (unpaired) electrons. The van der Waals surface area contributed by atoms with Crippen molar-refractivity contribution in [1.29, 1.82) is 0 Å². The van der Waals surface area contributed by atoms with Gasteiger partial charge in [-0.15, -0.1) is 0 Å². The highest BCUT2D eigenvalue weighted by atomic mass is 16.3. The molecule has 0 heterocycles. The van der Waals surface area contributed by atoms with E-state index in [0.717, 1.165) is 18.4 Å². The van der Waals surface area contributed by atoms with E-state index in [9.17, 15) is 9.90 Å². The zero-order valence-electron chi connectivity index (χ0n) is 15.3. The smallest absolute Gasteiger partial charge is 0.251 e. The van der Waals surface area contributed by atoms with Crippen molar-refractivity contribution in [3.8, 4) is 0 Å². The molecule has 0 bridgehead atoms. The molecule has 2 aromatic rings. The fraction of sp³-hybridized carbons (Fsp3) is 0.409. The summed E-state index contributed by atoms with van der Waals surface area (Å²) in [5.74, 6) is 0.0777. The molecule has 3 heteroatoms. The predicted octanol–water partition coefficient (Wildman–Crippen LogP) is 4.01. The lowest BCUT2D eigenvalue weighted by molar-refractivity contribution is 0.0135. The van der Waals surface area contributed by atoms with Gasteiger partial charge in [-0.25, -0.2) is 0 Å². The zero-order chi connectivity index (χ0) is 18.1. The standard InChI is InChI=1S/C22H27NO2/c1-21(2,3)17-11-9-16(10-12-17)20(24)23-15-22(25,19-13-14-19)18-7-5-4-6-8-18/h4-12,19,25H,13-15H2,1-3H3,(H,23,24). The van der Waals surface area contributed by atoms with Gasteiger partial charge in [-0.1, -0.05) is 63.2 Å². The number of nitrogens with one attached hydrogen (secondary N) is 1. The first-order valence-corrected chi connectivity index (χ1v) is 8.97. The summed E-state index contributed by atoms with van der Waals surface area (Å²) in [6, 6.07) is 17.4. The molecule has 3 rings (SSSR count). The Kier molecular flexibility index (Phi) is 4.70. The summed E-state index contributed by atoms with van der Waals surface area (Å²) in [7, 11) is 0. The van der Waals surface area contributed by atoms with Crippen LogP contribution in [0.15, 0.2) is 54.6 Å². The molecular weight excluding hydrogens is 310 g/mol.